The van der Waals surface area contributed by atoms with Gasteiger partial charge in [0, 0.05) is 67.8 Å². The summed E-state index contributed by atoms with van der Waals surface area (Å²) in [6.45, 7) is 1.96. The van der Waals surface area contributed by atoms with Crippen LogP contribution in [0.25, 0.3) is 39.1 Å². The molecule has 1 fully saturated rings. The minimum Gasteiger partial charge on any atom is -0.338 e. The molecule has 0 radical (unpaired) electrons. The van der Waals surface area contributed by atoms with Crippen LogP contribution in [0.1, 0.15) is 33.3 Å². The van der Waals surface area contributed by atoms with Crippen molar-refractivity contribution < 1.29 is 18.8 Å². The van der Waals surface area contributed by atoms with Crippen LogP contribution in [-0.2, 0) is 14.4 Å². The number of hydrogen-bond acceptors (Lipinski definition) is 7. The van der Waals surface area contributed by atoms with Gasteiger partial charge in [0.05, 0.1) is 17.8 Å². The van der Waals surface area contributed by atoms with E-state index < -0.39 is 5.54 Å². The molecule has 2 N–H and O–H groups in total. The Kier molecular flexibility index (Phi) is 11.0. The number of carbonyl (C=O) groups excluding carboxylic acids is 3. The third-order valence-corrected chi connectivity index (χ3v) is 9.52. The first-order chi connectivity index (χ1) is 23.8. The summed E-state index contributed by atoms with van der Waals surface area (Å²) in [5.41, 5.74) is 4.75. The highest BCUT2D eigenvalue weighted by molar-refractivity contribution is 6.02. The number of fused-ring (bicyclic) bond motifs is 1. The van der Waals surface area contributed by atoms with Crippen LogP contribution in [0.3, 0.4) is 0 Å². The molecule has 11 nitrogen and oxygen atoms in total. The van der Waals surface area contributed by atoms with E-state index in [0.717, 1.165) is 34.0 Å². The zero-order valence-electron chi connectivity index (χ0n) is 27.0. The standard InChI is InChI=1S/C37H35FN8O3.2CH4/c1-44(24-47)37(36(49)41-30-11-12-32-31(21-30)34(43-42-32)27-7-9-29(38)10-8-27)15-20-45(23-37)22-33(48)46-18-13-26(14-19-46)25-3-5-28(6-4-25)35-39-16-2-17-40-35;;/h2-13,16-17,21,24H,14-15,18-20,22-23H2,1H3,(H,41,49)(H,42,43);2*1H4. The quantitative estimate of drug-likeness (QED) is 0.185. The van der Waals surface area contributed by atoms with Gasteiger partial charge in [0.2, 0.25) is 12.3 Å². The van der Waals surface area contributed by atoms with E-state index in [4.69, 9.17) is 0 Å². The molecule has 12 heteroatoms. The van der Waals surface area contributed by atoms with Gasteiger partial charge >= 0.3 is 0 Å². The molecule has 5 aromatic rings. The lowest BCUT2D eigenvalue weighted by atomic mass is 9.95. The molecule has 3 amide bonds. The molecule has 1 unspecified atom stereocenters. The topological polar surface area (TPSA) is 127 Å². The molecule has 0 spiro atoms. The Morgan fingerprint density at radius 3 is 2.37 bits per heavy atom. The summed E-state index contributed by atoms with van der Waals surface area (Å²) in [4.78, 5) is 53.1. The summed E-state index contributed by atoms with van der Waals surface area (Å²) >= 11 is 0. The Morgan fingerprint density at radius 2 is 1.69 bits per heavy atom. The van der Waals surface area contributed by atoms with E-state index >= 15 is 0 Å². The second-order valence-corrected chi connectivity index (χ2v) is 12.5. The van der Waals surface area contributed by atoms with Gasteiger partial charge in [-0.25, -0.2) is 14.4 Å². The van der Waals surface area contributed by atoms with Crippen LogP contribution < -0.4 is 5.32 Å². The fourth-order valence-corrected chi connectivity index (χ4v) is 6.64. The number of hydrogen-bond donors (Lipinski definition) is 2. The number of halogens is 1. The molecule has 2 aliphatic rings. The van der Waals surface area contributed by atoms with Crippen molar-refractivity contribution in [1.29, 1.82) is 0 Å². The van der Waals surface area contributed by atoms with E-state index in [-0.39, 0.29) is 45.6 Å². The van der Waals surface area contributed by atoms with Crippen LogP contribution in [-0.4, -0.2) is 98.4 Å². The molecule has 4 heterocycles. The maximum Gasteiger partial charge on any atom is 0.251 e. The van der Waals surface area contributed by atoms with Crippen LogP contribution in [0.5, 0.6) is 0 Å². The van der Waals surface area contributed by atoms with Crippen molar-refractivity contribution in [3.05, 3.63) is 103 Å². The largest absolute Gasteiger partial charge is 0.338 e. The fraction of sp³-hybridized carbons (Fsp3) is 0.282. The molecule has 0 aliphatic carbocycles. The molecule has 0 bridgehead atoms. The first-order valence-electron chi connectivity index (χ1n) is 16.1. The number of H-pyrrole nitrogens is 1. The fourth-order valence-electron chi connectivity index (χ4n) is 6.64. The lowest BCUT2D eigenvalue weighted by molar-refractivity contribution is -0.135. The molecule has 1 atom stereocenters. The molecule has 1 saturated heterocycles. The van der Waals surface area contributed by atoms with Gasteiger partial charge < -0.3 is 15.1 Å². The number of aromatic amines is 1. The first kappa shape index (κ1) is 36.5. The van der Waals surface area contributed by atoms with Gasteiger partial charge in [-0.2, -0.15) is 5.10 Å². The van der Waals surface area contributed by atoms with Gasteiger partial charge in [-0.15, -0.1) is 0 Å². The highest BCUT2D eigenvalue weighted by atomic mass is 19.1. The Labute approximate surface area is 297 Å². The summed E-state index contributed by atoms with van der Waals surface area (Å²) in [7, 11) is 1.60. The van der Waals surface area contributed by atoms with E-state index in [1.807, 2.05) is 34.1 Å². The SMILES string of the molecule is C.C.CN(C=O)C1(C(=O)Nc2ccc3[nH]nc(-c4ccc(F)cc4)c3c2)CCN(CC(=O)N2CC=C(c3ccc(-c4ncccn4)cc3)CC2)C1. The number of likely N-dealkylation sites (tertiary alicyclic amines) is 1. The van der Waals surface area contributed by atoms with Crippen molar-refractivity contribution >= 4 is 40.4 Å². The van der Waals surface area contributed by atoms with Gasteiger partial charge in [0.1, 0.15) is 11.4 Å². The third-order valence-electron chi connectivity index (χ3n) is 9.52. The van der Waals surface area contributed by atoms with Crippen LogP contribution in [0, 0.1) is 5.82 Å². The van der Waals surface area contributed by atoms with Crippen LogP contribution >= 0.6 is 0 Å². The van der Waals surface area contributed by atoms with Crippen molar-refractivity contribution in [2.45, 2.75) is 33.2 Å². The van der Waals surface area contributed by atoms with E-state index in [9.17, 15) is 18.8 Å². The minimum absolute atomic E-state index is 0. The van der Waals surface area contributed by atoms with Crippen molar-refractivity contribution in [1.82, 2.24) is 34.9 Å². The highest BCUT2D eigenvalue weighted by Crippen LogP contribution is 2.32. The average Bonchev–Trinajstić information content (AvgIpc) is 3.77. The average molecular weight is 691 g/mol. The molecule has 0 saturated carbocycles. The number of carbonyl (C=O) groups is 3. The van der Waals surface area contributed by atoms with Gasteiger partial charge in [-0.3, -0.25) is 24.4 Å². The summed E-state index contributed by atoms with van der Waals surface area (Å²) < 4.78 is 13.5. The number of nitrogens with one attached hydrogen (secondary N) is 2. The molecule has 51 heavy (non-hydrogen) atoms. The highest BCUT2D eigenvalue weighted by Gasteiger charge is 2.48. The number of amides is 3. The maximum absolute atomic E-state index is 13.9. The van der Waals surface area contributed by atoms with E-state index in [2.05, 4.69) is 43.7 Å². The molecule has 2 aromatic heterocycles. The minimum atomic E-state index is -1.15. The molecular formula is C39H43FN8O3. The Hall–Kier alpha value is -5.75. The zero-order chi connectivity index (χ0) is 34.0. The van der Waals surface area contributed by atoms with Crippen molar-refractivity contribution in [2.24, 2.45) is 0 Å². The molecular weight excluding hydrogens is 647 g/mol. The first-order valence-corrected chi connectivity index (χ1v) is 16.1. The normalized spacial score (nSPS) is 17.2. The van der Waals surface area contributed by atoms with Crippen LogP contribution in [0.2, 0.25) is 0 Å². The second kappa shape index (κ2) is 15.4. The number of aromatic nitrogens is 4. The Bertz CT molecular complexity index is 2030. The molecule has 3 aromatic carbocycles. The molecule has 264 valence electrons. The van der Waals surface area contributed by atoms with E-state index in [1.165, 1.54) is 22.6 Å². The number of benzene rings is 3. The van der Waals surface area contributed by atoms with Crippen molar-refractivity contribution in [3.63, 3.8) is 0 Å². The van der Waals surface area contributed by atoms with Crippen LogP contribution in [0.15, 0.2) is 91.3 Å². The van der Waals surface area contributed by atoms with Gasteiger partial charge in [-0.1, -0.05) is 45.2 Å². The van der Waals surface area contributed by atoms with Gasteiger partial charge in [-0.05, 0) is 72.5 Å². The van der Waals surface area contributed by atoms with Crippen molar-refractivity contribution in [2.75, 3.05) is 45.1 Å². The summed E-state index contributed by atoms with van der Waals surface area (Å²) in [6.07, 6.45) is 7.31. The monoisotopic (exact) mass is 690 g/mol. The smallest absolute Gasteiger partial charge is 0.251 e. The number of anilines is 1. The Morgan fingerprint density at radius 1 is 0.980 bits per heavy atom. The third kappa shape index (κ3) is 7.41. The lowest BCUT2D eigenvalue weighted by Crippen LogP contribution is -2.57. The lowest BCUT2D eigenvalue weighted by Gasteiger charge is -2.35. The summed E-state index contributed by atoms with van der Waals surface area (Å²) in [5, 5.41) is 11.1. The van der Waals surface area contributed by atoms with E-state index in [1.54, 1.807) is 43.7 Å². The molecule has 2 aliphatic heterocycles. The molecule has 7 rings (SSSR count). The van der Waals surface area contributed by atoms with Crippen molar-refractivity contribution in [3.8, 4) is 22.6 Å². The summed E-state index contributed by atoms with van der Waals surface area (Å²) in [6, 6.07) is 21.4. The number of rotatable bonds is 9. The van der Waals surface area contributed by atoms with Gasteiger partial charge in [0.25, 0.3) is 5.91 Å². The van der Waals surface area contributed by atoms with E-state index in [0.29, 0.717) is 49.7 Å². The predicted molar refractivity (Wildman–Crippen MR) is 198 cm³/mol. The summed E-state index contributed by atoms with van der Waals surface area (Å²) in [5.74, 6) is -0.0128. The number of nitrogens with zero attached hydrogens (tertiary/aromatic N) is 6. The number of likely N-dealkylation sites (N-methyl/N-ethyl adjacent to an activating group) is 1. The zero-order valence-corrected chi connectivity index (χ0v) is 27.0. The van der Waals surface area contributed by atoms with Gasteiger partial charge in [0.15, 0.2) is 5.82 Å². The second-order valence-electron chi connectivity index (χ2n) is 12.5. The maximum atomic E-state index is 13.9. The Balaban J connectivity index is 0.00000252. The predicted octanol–water partition coefficient (Wildman–Crippen LogP) is 5.89. The van der Waals surface area contributed by atoms with Crippen LogP contribution in [0.4, 0.5) is 10.1 Å².